The molecule has 2 fully saturated rings. The monoisotopic (exact) mass is 407 g/mol. The van der Waals surface area contributed by atoms with E-state index in [-0.39, 0.29) is 11.9 Å². The number of nitrogens with one attached hydrogen (secondary N) is 1. The fourth-order valence-corrected chi connectivity index (χ4v) is 4.48. The molecule has 160 valence electrons. The van der Waals surface area contributed by atoms with Crippen molar-refractivity contribution in [3.63, 3.8) is 0 Å². The summed E-state index contributed by atoms with van der Waals surface area (Å²) in [6.07, 6.45) is 3.45. The second kappa shape index (κ2) is 10.1. The van der Waals surface area contributed by atoms with Crippen LogP contribution in [-0.2, 0) is 16.0 Å². The normalized spacial score (nSPS) is 19.4. The van der Waals surface area contributed by atoms with Crippen molar-refractivity contribution >= 4 is 17.3 Å². The predicted octanol–water partition coefficient (Wildman–Crippen LogP) is 3.80. The van der Waals surface area contributed by atoms with Crippen LogP contribution in [0.25, 0.3) is 0 Å². The van der Waals surface area contributed by atoms with E-state index in [1.807, 2.05) is 19.1 Å². The van der Waals surface area contributed by atoms with Crippen molar-refractivity contribution in [2.24, 2.45) is 5.92 Å². The Balaban J connectivity index is 1.25. The SMILES string of the molecule is CC(C(=O)Nc1ccc(N2CCOCC2)cc1)N1CCC(Cc2ccccc2)CC1. The summed E-state index contributed by atoms with van der Waals surface area (Å²) < 4.78 is 5.41. The molecule has 4 rings (SSSR count). The summed E-state index contributed by atoms with van der Waals surface area (Å²) in [4.78, 5) is 17.4. The van der Waals surface area contributed by atoms with Gasteiger partial charge in [0.15, 0.2) is 0 Å². The highest BCUT2D eigenvalue weighted by atomic mass is 16.5. The second-order valence-electron chi connectivity index (χ2n) is 8.48. The quantitative estimate of drug-likeness (QED) is 0.791. The van der Waals surface area contributed by atoms with E-state index in [1.165, 1.54) is 11.3 Å². The smallest absolute Gasteiger partial charge is 0.241 e. The number of likely N-dealkylation sites (tertiary alicyclic amines) is 1. The van der Waals surface area contributed by atoms with Gasteiger partial charge in [-0.15, -0.1) is 0 Å². The Bertz CT molecular complexity index is 795. The summed E-state index contributed by atoms with van der Waals surface area (Å²) in [6.45, 7) is 7.39. The molecule has 1 amide bonds. The second-order valence-corrected chi connectivity index (χ2v) is 8.48. The Morgan fingerprint density at radius 1 is 1.00 bits per heavy atom. The fraction of sp³-hybridized carbons (Fsp3) is 0.480. The van der Waals surface area contributed by atoms with Crippen molar-refractivity contribution in [1.29, 1.82) is 0 Å². The van der Waals surface area contributed by atoms with Gasteiger partial charge < -0.3 is 15.0 Å². The standard InChI is InChI=1S/C25H33N3O2/c1-20(27-13-11-22(12-14-27)19-21-5-3-2-4-6-21)25(29)26-23-7-9-24(10-8-23)28-15-17-30-18-16-28/h2-10,20,22H,11-19H2,1H3,(H,26,29). The van der Waals surface area contributed by atoms with Crippen LogP contribution in [0, 0.1) is 5.92 Å². The molecule has 2 aromatic rings. The molecule has 1 atom stereocenters. The maximum atomic E-state index is 12.8. The van der Waals surface area contributed by atoms with Gasteiger partial charge in [-0.2, -0.15) is 0 Å². The minimum Gasteiger partial charge on any atom is -0.378 e. The van der Waals surface area contributed by atoms with Crippen LogP contribution in [-0.4, -0.2) is 56.2 Å². The van der Waals surface area contributed by atoms with Crippen LogP contribution >= 0.6 is 0 Å². The first-order valence-corrected chi connectivity index (χ1v) is 11.2. The molecule has 0 aliphatic carbocycles. The molecule has 2 aliphatic heterocycles. The minimum atomic E-state index is -0.110. The molecule has 0 radical (unpaired) electrons. The summed E-state index contributed by atoms with van der Waals surface area (Å²) in [7, 11) is 0. The summed E-state index contributed by atoms with van der Waals surface area (Å²) >= 11 is 0. The largest absolute Gasteiger partial charge is 0.378 e. The van der Waals surface area contributed by atoms with Gasteiger partial charge in [-0.1, -0.05) is 30.3 Å². The molecule has 5 nitrogen and oxygen atoms in total. The molecule has 5 heteroatoms. The number of rotatable bonds is 6. The third-order valence-corrected chi connectivity index (χ3v) is 6.45. The van der Waals surface area contributed by atoms with Crippen LogP contribution in [0.1, 0.15) is 25.3 Å². The van der Waals surface area contributed by atoms with Crippen molar-refractivity contribution in [2.45, 2.75) is 32.2 Å². The molecule has 2 aromatic carbocycles. The van der Waals surface area contributed by atoms with Gasteiger partial charge in [0.05, 0.1) is 19.3 Å². The number of benzene rings is 2. The average Bonchev–Trinajstić information content (AvgIpc) is 2.81. The number of piperidine rings is 1. The van der Waals surface area contributed by atoms with Crippen LogP contribution in [0.5, 0.6) is 0 Å². The van der Waals surface area contributed by atoms with Gasteiger partial charge in [-0.25, -0.2) is 0 Å². The lowest BCUT2D eigenvalue weighted by atomic mass is 9.89. The summed E-state index contributed by atoms with van der Waals surface area (Å²) in [5, 5.41) is 3.10. The van der Waals surface area contributed by atoms with Gasteiger partial charge in [-0.05, 0) is 75.0 Å². The van der Waals surface area contributed by atoms with E-state index in [0.29, 0.717) is 5.92 Å². The third kappa shape index (κ3) is 5.41. The molecule has 1 unspecified atom stereocenters. The van der Waals surface area contributed by atoms with E-state index < -0.39 is 0 Å². The van der Waals surface area contributed by atoms with Crippen molar-refractivity contribution in [1.82, 2.24) is 4.90 Å². The van der Waals surface area contributed by atoms with Crippen molar-refractivity contribution in [2.75, 3.05) is 49.6 Å². The first kappa shape index (κ1) is 20.9. The lowest BCUT2D eigenvalue weighted by Crippen LogP contribution is -2.46. The summed E-state index contributed by atoms with van der Waals surface area (Å²) in [6, 6.07) is 18.8. The van der Waals surface area contributed by atoms with E-state index in [9.17, 15) is 4.79 Å². The van der Waals surface area contributed by atoms with E-state index in [2.05, 4.69) is 57.6 Å². The van der Waals surface area contributed by atoms with Crippen molar-refractivity contribution in [3.8, 4) is 0 Å². The Morgan fingerprint density at radius 3 is 2.33 bits per heavy atom. The lowest BCUT2D eigenvalue weighted by Gasteiger charge is -2.35. The highest BCUT2D eigenvalue weighted by Crippen LogP contribution is 2.24. The first-order chi connectivity index (χ1) is 14.7. The molecular formula is C25H33N3O2. The van der Waals surface area contributed by atoms with Gasteiger partial charge in [-0.3, -0.25) is 9.69 Å². The molecule has 0 spiro atoms. The van der Waals surface area contributed by atoms with E-state index in [1.54, 1.807) is 0 Å². The zero-order chi connectivity index (χ0) is 20.8. The molecule has 2 aliphatic rings. The molecule has 1 N–H and O–H groups in total. The Labute approximate surface area is 180 Å². The Hall–Kier alpha value is -2.37. The number of hydrogen-bond donors (Lipinski definition) is 1. The number of carbonyl (C=O) groups excluding carboxylic acids is 1. The van der Waals surface area contributed by atoms with Gasteiger partial charge in [0.1, 0.15) is 0 Å². The third-order valence-electron chi connectivity index (χ3n) is 6.45. The van der Waals surface area contributed by atoms with Crippen LogP contribution in [0.15, 0.2) is 54.6 Å². The molecule has 2 saturated heterocycles. The number of carbonyl (C=O) groups is 1. The molecule has 2 heterocycles. The van der Waals surface area contributed by atoms with Gasteiger partial charge in [0.2, 0.25) is 5.91 Å². The average molecular weight is 408 g/mol. The van der Waals surface area contributed by atoms with Crippen molar-refractivity contribution in [3.05, 3.63) is 60.2 Å². The molecule has 0 aromatic heterocycles. The highest BCUT2D eigenvalue weighted by molar-refractivity contribution is 5.94. The zero-order valence-corrected chi connectivity index (χ0v) is 17.9. The highest BCUT2D eigenvalue weighted by Gasteiger charge is 2.26. The predicted molar refractivity (Wildman–Crippen MR) is 122 cm³/mol. The number of hydrogen-bond acceptors (Lipinski definition) is 4. The van der Waals surface area contributed by atoms with Crippen LogP contribution in [0.3, 0.4) is 0 Å². The Morgan fingerprint density at radius 2 is 1.67 bits per heavy atom. The molecule has 0 bridgehead atoms. The van der Waals surface area contributed by atoms with E-state index in [4.69, 9.17) is 4.74 Å². The van der Waals surface area contributed by atoms with Crippen LogP contribution < -0.4 is 10.2 Å². The maximum absolute atomic E-state index is 12.8. The van der Waals surface area contributed by atoms with Gasteiger partial charge in [0.25, 0.3) is 0 Å². The van der Waals surface area contributed by atoms with E-state index in [0.717, 1.165) is 64.3 Å². The van der Waals surface area contributed by atoms with E-state index >= 15 is 0 Å². The number of amides is 1. The Kier molecular flexibility index (Phi) is 7.03. The van der Waals surface area contributed by atoms with Crippen LogP contribution in [0.4, 0.5) is 11.4 Å². The first-order valence-electron chi connectivity index (χ1n) is 11.2. The van der Waals surface area contributed by atoms with Gasteiger partial charge >= 0.3 is 0 Å². The van der Waals surface area contributed by atoms with Gasteiger partial charge in [0, 0.05) is 24.5 Å². The maximum Gasteiger partial charge on any atom is 0.241 e. The molecule has 30 heavy (non-hydrogen) atoms. The van der Waals surface area contributed by atoms with Crippen LogP contribution in [0.2, 0.25) is 0 Å². The molecule has 0 saturated carbocycles. The number of ether oxygens (including phenoxy) is 1. The zero-order valence-electron chi connectivity index (χ0n) is 17.9. The van der Waals surface area contributed by atoms with Crippen molar-refractivity contribution < 1.29 is 9.53 Å². The fourth-order valence-electron chi connectivity index (χ4n) is 4.48. The number of morpholine rings is 1. The number of anilines is 2. The summed E-state index contributed by atoms with van der Waals surface area (Å²) in [5.41, 5.74) is 3.47. The lowest BCUT2D eigenvalue weighted by molar-refractivity contribution is -0.121. The summed E-state index contributed by atoms with van der Waals surface area (Å²) in [5.74, 6) is 0.794. The minimum absolute atomic E-state index is 0.0793. The topological polar surface area (TPSA) is 44.8 Å². The number of nitrogens with zero attached hydrogens (tertiary/aromatic N) is 2. The molecular weight excluding hydrogens is 374 g/mol.